The molecule has 3 unspecified atom stereocenters. The molecule has 2 aliphatic carbocycles. The van der Waals surface area contributed by atoms with Gasteiger partial charge in [0.25, 0.3) is 0 Å². The zero-order valence-corrected chi connectivity index (χ0v) is 39.2. The number of imidazole rings is 1. The summed E-state index contributed by atoms with van der Waals surface area (Å²) in [5.41, 5.74) is 2.04. The summed E-state index contributed by atoms with van der Waals surface area (Å²) in [5, 5.41) is 15.9. The second-order valence-corrected chi connectivity index (χ2v) is 22.5. The standard InChI is InChI=1S/C48H62FN9O7S/c1-29-23-32(9-10-35(29)51-45-50-26-34-42(53-45)57(31-7-5-6-8-31)44(61)47(34,2)28-65-4)66(63,64)33-24-48(25-33)17-21-55(22-18-48)27-30-15-19-56(20-16-30)36-11-12-37-41(40(36)49)54(3)46(62)58(37)38-13-14-39(59)52-43(38)60/h9-12,23,26,30-31,33,38,43,60H,5-8,13-22,24-25,27-28H2,1-4H3,(H,52,59)(H,50,51,53). The number of hydrogen-bond acceptors (Lipinski definition) is 12. The predicted octanol–water partition coefficient (Wildman–Crippen LogP) is 5.22. The van der Waals surface area contributed by atoms with Crippen molar-refractivity contribution < 1.29 is 32.2 Å². The average molecular weight is 928 g/mol. The van der Waals surface area contributed by atoms with Gasteiger partial charge in [0, 0.05) is 63.7 Å². The van der Waals surface area contributed by atoms with Crippen molar-refractivity contribution >= 4 is 55.8 Å². The molecule has 2 aromatic heterocycles. The molecule has 3 N–H and O–H groups in total. The number of carbonyl (C=O) groups excluding carboxylic acids is 2. The van der Waals surface area contributed by atoms with Crippen molar-refractivity contribution in [2.75, 3.05) is 61.6 Å². The lowest BCUT2D eigenvalue weighted by molar-refractivity contribution is -0.128. The van der Waals surface area contributed by atoms with Crippen molar-refractivity contribution in [1.29, 1.82) is 0 Å². The Morgan fingerprint density at radius 2 is 1.73 bits per heavy atom. The highest BCUT2D eigenvalue weighted by atomic mass is 32.2. The first-order valence-electron chi connectivity index (χ1n) is 23.8. The minimum Gasteiger partial charge on any atom is -0.383 e. The molecule has 4 aliphatic heterocycles. The lowest BCUT2D eigenvalue weighted by Gasteiger charge is -2.52. The topological polar surface area (TPSA) is 184 Å². The van der Waals surface area contributed by atoms with Crippen LogP contribution < -0.4 is 26.1 Å². The van der Waals surface area contributed by atoms with Gasteiger partial charge in [0.05, 0.1) is 34.0 Å². The van der Waals surface area contributed by atoms with Crippen LogP contribution in [0.5, 0.6) is 0 Å². The molecule has 2 amide bonds. The van der Waals surface area contributed by atoms with Crippen LogP contribution in [0, 0.1) is 24.1 Å². The summed E-state index contributed by atoms with van der Waals surface area (Å²) in [6.45, 7) is 8.24. The van der Waals surface area contributed by atoms with Gasteiger partial charge in [0.15, 0.2) is 15.7 Å². The second kappa shape index (κ2) is 17.0. The maximum atomic E-state index is 16.2. The Hall–Kier alpha value is -4.91. The van der Waals surface area contributed by atoms with Gasteiger partial charge >= 0.3 is 5.69 Å². The molecule has 0 radical (unpaired) electrons. The van der Waals surface area contributed by atoms with Crippen molar-refractivity contribution in [1.82, 2.24) is 29.3 Å². The lowest BCUT2D eigenvalue weighted by atomic mass is 9.63. The highest BCUT2D eigenvalue weighted by molar-refractivity contribution is 7.92. The molecule has 4 aromatic rings. The van der Waals surface area contributed by atoms with E-state index < -0.39 is 44.3 Å². The summed E-state index contributed by atoms with van der Waals surface area (Å²) in [5.74, 6) is 0.701. The van der Waals surface area contributed by atoms with E-state index in [-0.39, 0.29) is 48.2 Å². The Bertz CT molecular complexity index is 2730. The van der Waals surface area contributed by atoms with E-state index in [1.54, 1.807) is 50.7 Å². The van der Waals surface area contributed by atoms with Crippen LogP contribution in [-0.4, -0.2) is 113 Å². The van der Waals surface area contributed by atoms with Crippen molar-refractivity contribution in [3.8, 4) is 0 Å². The summed E-state index contributed by atoms with van der Waals surface area (Å²) in [6.07, 6.45) is 10.1. The molecule has 66 heavy (non-hydrogen) atoms. The van der Waals surface area contributed by atoms with Gasteiger partial charge in [-0.15, -0.1) is 0 Å². The number of aryl methyl sites for hydroxylation is 2. The Morgan fingerprint density at radius 1 is 1.00 bits per heavy atom. The van der Waals surface area contributed by atoms with Crippen molar-refractivity contribution in [3.05, 3.63) is 64.0 Å². The number of fused-ring (bicyclic) bond motifs is 2. The van der Waals surface area contributed by atoms with Crippen LogP contribution in [0.1, 0.15) is 101 Å². The fourth-order valence-electron chi connectivity index (χ4n) is 12.2. The monoisotopic (exact) mass is 927 g/mol. The quantitative estimate of drug-likeness (QED) is 0.179. The number of aliphatic hydroxyl groups excluding tert-OH is 1. The van der Waals surface area contributed by atoms with Crippen LogP contribution in [0.4, 0.5) is 27.5 Å². The first-order chi connectivity index (χ1) is 31.6. The molecule has 354 valence electrons. The first kappa shape index (κ1) is 44.9. The number of aliphatic hydroxyl groups is 1. The third-order valence-electron chi connectivity index (χ3n) is 16.2. The van der Waals surface area contributed by atoms with Crippen LogP contribution in [0.15, 0.2) is 46.2 Å². The number of rotatable bonds is 11. The number of sulfone groups is 1. The van der Waals surface area contributed by atoms with E-state index >= 15 is 4.39 Å². The average Bonchev–Trinajstić information content (AvgIpc) is 3.96. The number of nitrogens with one attached hydrogen (secondary N) is 2. The van der Waals surface area contributed by atoms with E-state index in [0.29, 0.717) is 65.4 Å². The molecule has 6 heterocycles. The van der Waals surface area contributed by atoms with Crippen LogP contribution >= 0.6 is 0 Å². The minimum absolute atomic E-state index is 0.00596. The number of benzene rings is 2. The fourth-order valence-corrected chi connectivity index (χ4v) is 14.3. The fraction of sp³-hybridized carbons (Fsp3) is 0.604. The van der Waals surface area contributed by atoms with E-state index in [2.05, 4.69) is 25.4 Å². The molecule has 1 spiro atoms. The molecule has 10 rings (SSSR count). The number of carbonyl (C=O) groups is 2. The molecule has 18 heteroatoms. The Morgan fingerprint density at radius 3 is 2.41 bits per heavy atom. The Balaban J connectivity index is 0.722. The van der Waals surface area contributed by atoms with Crippen molar-refractivity contribution in [2.45, 2.75) is 125 Å². The van der Waals surface area contributed by atoms with E-state index in [9.17, 15) is 27.9 Å². The van der Waals surface area contributed by atoms with Gasteiger partial charge in [-0.3, -0.25) is 23.6 Å². The summed E-state index contributed by atoms with van der Waals surface area (Å²) >= 11 is 0. The maximum absolute atomic E-state index is 16.2. The van der Waals surface area contributed by atoms with Crippen LogP contribution in [0.2, 0.25) is 0 Å². The van der Waals surface area contributed by atoms with Gasteiger partial charge < -0.3 is 30.3 Å². The Labute approximate surface area is 384 Å². The van der Waals surface area contributed by atoms with Crippen molar-refractivity contribution in [2.24, 2.45) is 18.4 Å². The predicted molar refractivity (Wildman–Crippen MR) is 248 cm³/mol. The van der Waals surface area contributed by atoms with E-state index in [1.807, 2.05) is 18.7 Å². The zero-order chi connectivity index (χ0) is 46.3. The number of amides is 2. The zero-order valence-electron chi connectivity index (χ0n) is 38.4. The van der Waals surface area contributed by atoms with Gasteiger partial charge in [0.1, 0.15) is 23.0 Å². The number of hydrogen-bond donors (Lipinski definition) is 3. The maximum Gasteiger partial charge on any atom is 0.329 e. The first-order valence-corrected chi connectivity index (χ1v) is 25.3. The molecule has 2 aromatic carbocycles. The number of aromatic nitrogens is 4. The smallest absolute Gasteiger partial charge is 0.329 e. The molecular formula is C48H62FN9O7S. The van der Waals surface area contributed by atoms with Gasteiger partial charge in [-0.25, -0.2) is 22.6 Å². The van der Waals surface area contributed by atoms with Crippen LogP contribution in [0.25, 0.3) is 11.0 Å². The van der Waals surface area contributed by atoms with Gasteiger partial charge in [-0.05, 0) is 132 Å². The number of nitrogens with zero attached hydrogens (tertiary/aromatic N) is 7. The molecule has 2 saturated carbocycles. The molecule has 16 nitrogen and oxygen atoms in total. The molecule has 6 aliphatic rings. The van der Waals surface area contributed by atoms with E-state index in [4.69, 9.17) is 9.72 Å². The summed E-state index contributed by atoms with van der Waals surface area (Å²) in [6, 6.07) is 8.11. The normalized spacial score (nSPS) is 25.5. The molecule has 3 atom stereocenters. The SMILES string of the molecule is COCC1(C)C(=O)N(C2CCCC2)c2nc(Nc3ccc(S(=O)(=O)C4CC5(CCN(CC6CCN(c7ccc8c(c7F)n(C)c(=O)n8C7CCC(=O)NC7O)CC6)CC5)C4)cc3C)ncc21. The summed E-state index contributed by atoms with van der Waals surface area (Å²) in [4.78, 5) is 55.1. The van der Waals surface area contributed by atoms with Gasteiger partial charge in [-0.1, -0.05) is 12.8 Å². The number of likely N-dealkylation sites (tertiary alicyclic amines) is 1. The third kappa shape index (κ3) is 7.59. The highest BCUT2D eigenvalue weighted by Gasteiger charge is 2.53. The van der Waals surface area contributed by atoms with Crippen LogP contribution in [-0.2, 0) is 36.6 Å². The third-order valence-corrected chi connectivity index (χ3v) is 18.3. The van der Waals surface area contributed by atoms with E-state index in [1.165, 1.54) is 9.13 Å². The number of anilines is 4. The number of methoxy groups -OCH3 is 1. The Kier molecular flexibility index (Phi) is 11.6. The van der Waals surface area contributed by atoms with Gasteiger partial charge in [-0.2, -0.15) is 4.98 Å². The second-order valence-electron chi connectivity index (χ2n) is 20.3. The number of halogens is 1. The lowest BCUT2D eigenvalue weighted by Crippen LogP contribution is -2.52. The molecule has 3 saturated heterocycles. The molecule has 0 bridgehead atoms. The van der Waals surface area contributed by atoms with Crippen LogP contribution in [0.3, 0.4) is 0 Å². The summed E-state index contributed by atoms with van der Waals surface area (Å²) < 4.78 is 52.4. The largest absolute Gasteiger partial charge is 0.383 e. The highest BCUT2D eigenvalue weighted by Crippen LogP contribution is 2.53. The minimum atomic E-state index is -3.53. The molecular weight excluding hydrogens is 866 g/mol. The van der Waals surface area contributed by atoms with Crippen molar-refractivity contribution in [3.63, 3.8) is 0 Å². The summed E-state index contributed by atoms with van der Waals surface area (Å²) in [7, 11) is -0.394. The number of piperidine rings is 3. The van der Waals surface area contributed by atoms with Gasteiger partial charge in [0.2, 0.25) is 17.8 Å². The van der Waals surface area contributed by atoms with E-state index in [0.717, 1.165) is 82.1 Å². The number of ether oxygens (including phenoxy) is 1. The molecule has 5 fully saturated rings.